The molecule has 0 radical (unpaired) electrons. The third-order valence-electron chi connectivity index (χ3n) is 12.6. The number of unbranched alkanes of at least 4 members (excludes halogenated alkanes) is 26. The fourth-order valence-electron chi connectivity index (χ4n) is 8.34. The summed E-state index contributed by atoms with van der Waals surface area (Å²) in [4.78, 5) is 25.6. The van der Waals surface area contributed by atoms with E-state index in [1.165, 1.54) is 128 Å². The van der Waals surface area contributed by atoms with Gasteiger partial charge >= 0.3 is 11.9 Å². The summed E-state index contributed by atoms with van der Waals surface area (Å²) in [5.41, 5.74) is 0. The van der Waals surface area contributed by atoms with Gasteiger partial charge in [-0.05, 0) is 12.8 Å². The van der Waals surface area contributed by atoms with Crippen molar-refractivity contribution in [3.63, 3.8) is 0 Å². The minimum atomic E-state index is -1.76. The molecule has 0 saturated carbocycles. The van der Waals surface area contributed by atoms with Gasteiger partial charge in [0, 0.05) is 12.8 Å². The molecule has 0 aromatic carbocycles. The minimum absolute atomic E-state index is 0.170. The van der Waals surface area contributed by atoms with Crippen molar-refractivity contribution < 1.29 is 73.8 Å². The Morgan fingerprint density at radius 1 is 0.438 bits per heavy atom. The lowest BCUT2D eigenvalue weighted by atomic mass is 9.98. The fraction of sp³-hybridized carbons (Fsp3) is 0.959. The zero-order valence-corrected chi connectivity index (χ0v) is 39.8. The van der Waals surface area contributed by atoms with Gasteiger partial charge in [0.1, 0.15) is 55.4 Å². The van der Waals surface area contributed by atoms with Crippen LogP contribution in [0.25, 0.3) is 0 Å². The van der Waals surface area contributed by atoms with E-state index >= 15 is 0 Å². The Kier molecular flexibility index (Phi) is 34.3. The van der Waals surface area contributed by atoms with Crippen LogP contribution < -0.4 is 0 Å². The Bertz CT molecular complexity index is 1130. The predicted molar refractivity (Wildman–Crippen MR) is 243 cm³/mol. The van der Waals surface area contributed by atoms with Crippen LogP contribution in [-0.2, 0) is 38.0 Å². The molecule has 0 spiro atoms. The average molecular weight is 921 g/mol. The molecule has 0 bridgehead atoms. The van der Waals surface area contributed by atoms with Crippen LogP contribution in [0.15, 0.2) is 0 Å². The molecule has 378 valence electrons. The normalized spacial score (nSPS) is 26.5. The monoisotopic (exact) mass is 921 g/mol. The molecule has 15 nitrogen and oxygen atoms in total. The maximum absolute atomic E-state index is 12.9. The topological polar surface area (TPSA) is 231 Å². The fourth-order valence-corrected chi connectivity index (χ4v) is 8.34. The van der Waals surface area contributed by atoms with Gasteiger partial charge < -0.3 is 64.2 Å². The van der Waals surface area contributed by atoms with Crippen molar-refractivity contribution >= 4 is 11.9 Å². The molecular formula is C49H92O15. The first-order chi connectivity index (χ1) is 31.0. The molecule has 15 heteroatoms. The number of carbonyl (C=O) groups excluding carboxylic acids is 2. The molecule has 11 atom stereocenters. The highest BCUT2D eigenvalue weighted by molar-refractivity contribution is 5.70. The molecule has 2 aliphatic rings. The SMILES string of the molecule is CCCCCCCCCCCCCCCCCCCCCCC(=O)OC[C@@H](CO[C@@H]1O[C@H](CO[C@@H]2O[C@H](CO)[C@H](O)C(O)C2O)[C@H](O)C(O)C1O)OC(=O)CCCCCCCCCC. The summed E-state index contributed by atoms with van der Waals surface area (Å²) in [5.74, 6) is -0.916. The number of hydrogen-bond donors (Lipinski definition) is 7. The first-order valence-corrected chi connectivity index (χ1v) is 25.6. The number of rotatable bonds is 40. The van der Waals surface area contributed by atoms with E-state index in [1.807, 2.05) is 0 Å². The average Bonchev–Trinajstić information content (AvgIpc) is 3.29. The molecule has 2 rings (SSSR count). The van der Waals surface area contributed by atoms with Crippen LogP contribution in [-0.4, -0.2) is 142 Å². The zero-order chi connectivity index (χ0) is 46.8. The van der Waals surface area contributed by atoms with Gasteiger partial charge in [0.15, 0.2) is 18.7 Å². The van der Waals surface area contributed by atoms with Gasteiger partial charge in [0.25, 0.3) is 0 Å². The van der Waals surface area contributed by atoms with Gasteiger partial charge in [-0.25, -0.2) is 0 Å². The number of aliphatic hydroxyl groups excluding tert-OH is 7. The van der Waals surface area contributed by atoms with Gasteiger partial charge in [-0.3, -0.25) is 9.59 Å². The highest BCUT2D eigenvalue weighted by Crippen LogP contribution is 2.26. The van der Waals surface area contributed by atoms with E-state index in [9.17, 15) is 45.3 Å². The molecule has 0 amide bonds. The molecule has 0 aromatic rings. The van der Waals surface area contributed by atoms with Crippen LogP contribution in [0.3, 0.4) is 0 Å². The van der Waals surface area contributed by atoms with Crippen molar-refractivity contribution in [3.8, 4) is 0 Å². The first kappa shape index (κ1) is 58.6. The van der Waals surface area contributed by atoms with Crippen molar-refractivity contribution in [1.82, 2.24) is 0 Å². The van der Waals surface area contributed by atoms with Crippen molar-refractivity contribution in [2.75, 3.05) is 26.4 Å². The van der Waals surface area contributed by atoms with Gasteiger partial charge in [-0.2, -0.15) is 0 Å². The van der Waals surface area contributed by atoms with E-state index in [0.717, 1.165) is 38.5 Å². The van der Waals surface area contributed by atoms with Crippen LogP contribution in [0.2, 0.25) is 0 Å². The maximum atomic E-state index is 12.9. The van der Waals surface area contributed by atoms with Crippen molar-refractivity contribution in [3.05, 3.63) is 0 Å². The highest BCUT2D eigenvalue weighted by atomic mass is 16.7. The first-order valence-electron chi connectivity index (χ1n) is 25.6. The third kappa shape index (κ3) is 25.6. The van der Waals surface area contributed by atoms with Gasteiger partial charge in [0.05, 0.1) is 19.8 Å². The standard InChI is InChI=1S/C49H92O15/c1-3-5-7-9-11-13-14-15-16-17-18-19-20-21-22-23-24-26-27-29-31-40(51)59-34-37(62-41(52)32-30-28-25-12-10-8-6-4-2)35-60-48-47(58)45(56)43(54)39(64-48)36-61-49-46(57)44(55)42(53)38(33-50)63-49/h37-39,42-50,53-58H,3-36H2,1-2H3/t37-,38+,39+,42-,43-,44?,45?,46?,47?,48+,49+/m0/s1. The van der Waals surface area contributed by atoms with Crippen LogP contribution in [0, 0.1) is 0 Å². The molecule has 64 heavy (non-hydrogen) atoms. The lowest BCUT2D eigenvalue weighted by molar-refractivity contribution is -0.332. The summed E-state index contributed by atoms with van der Waals surface area (Å²) in [5, 5.41) is 71.9. The molecule has 0 aliphatic carbocycles. The Balaban J connectivity index is 1.73. The summed E-state index contributed by atoms with van der Waals surface area (Å²) < 4.78 is 33.5. The summed E-state index contributed by atoms with van der Waals surface area (Å²) in [7, 11) is 0. The quantitative estimate of drug-likeness (QED) is 0.0247. The van der Waals surface area contributed by atoms with E-state index in [-0.39, 0.29) is 26.1 Å². The number of carbonyl (C=O) groups is 2. The molecular weight excluding hydrogens is 829 g/mol. The second kappa shape index (κ2) is 37.5. The highest BCUT2D eigenvalue weighted by Gasteiger charge is 2.47. The van der Waals surface area contributed by atoms with E-state index in [0.29, 0.717) is 12.8 Å². The molecule has 2 aliphatic heterocycles. The van der Waals surface area contributed by atoms with Gasteiger partial charge in [-0.15, -0.1) is 0 Å². The zero-order valence-electron chi connectivity index (χ0n) is 39.8. The molecule has 2 heterocycles. The summed E-state index contributed by atoms with van der Waals surface area (Å²) in [6.07, 6.45) is 17.4. The summed E-state index contributed by atoms with van der Waals surface area (Å²) in [6.45, 7) is 2.58. The predicted octanol–water partition coefficient (Wildman–Crippen LogP) is 6.82. The second-order valence-electron chi connectivity index (χ2n) is 18.4. The number of ether oxygens (including phenoxy) is 6. The van der Waals surface area contributed by atoms with Crippen LogP contribution in [0.1, 0.15) is 206 Å². The summed E-state index contributed by atoms with van der Waals surface area (Å²) in [6, 6.07) is 0. The van der Waals surface area contributed by atoms with Gasteiger partial charge in [-0.1, -0.05) is 181 Å². The van der Waals surface area contributed by atoms with Crippen molar-refractivity contribution in [2.24, 2.45) is 0 Å². The third-order valence-corrected chi connectivity index (χ3v) is 12.6. The second-order valence-corrected chi connectivity index (χ2v) is 18.4. The Labute approximate surface area is 385 Å². The van der Waals surface area contributed by atoms with Crippen molar-refractivity contribution in [2.45, 2.75) is 274 Å². The molecule has 2 fully saturated rings. The van der Waals surface area contributed by atoms with Crippen LogP contribution in [0.5, 0.6) is 0 Å². The lowest BCUT2D eigenvalue weighted by Crippen LogP contribution is -2.61. The van der Waals surface area contributed by atoms with E-state index in [4.69, 9.17) is 28.4 Å². The number of esters is 2. The lowest BCUT2D eigenvalue weighted by Gasteiger charge is -2.42. The van der Waals surface area contributed by atoms with Gasteiger partial charge in [0.2, 0.25) is 0 Å². The minimum Gasteiger partial charge on any atom is -0.462 e. The number of hydrogen-bond acceptors (Lipinski definition) is 15. The summed E-state index contributed by atoms with van der Waals surface area (Å²) >= 11 is 0. The van der Waals surface area contributed by atoms with Crippen molar-refractivity contribution in [1.29, 1.82) is 0 Å². The largest absolute Gasteiger partial charge is 0.462 e. The molecule has 7 N–H and O–H groups in total. The van der Waals surface area contributed by atoms with E-state index in [2.05, 4.69) is 13.8 Å². The van der Waals surface area contributed by atoms with Crippen LogP contribution >= 0.6 is 0 Å². The van der Waals surface area contributed by atoms with E-state index in [1.54, 1.807) is 0 Å². The van der Waals surface area contributed by atoms with Crippen LogP contribution in [0.4, 0.5) is 0 Å². The van der Waals surface area contributed by atoms with E-state index < -0.39 is 92.7 Å². The maximum Gasteiger partial charge on any atom is 0.306 e. The Morgan fingerprint density at radius 2 is 0.797 bits per heavy atom. The Hall–Kier alpha value is -1.50. The smallest absolute Gasteiger partial charge is 0.306 e. The number of aliphatic hydroxyl groups is 7. The molecule has 2 saturated heterocycles. The molecule has 4 unspecified atom stereocenters. The molecule has 0 aromatic heterocycles. The Morgan fingerprint density at radius 3 is 1.22 bits per heavy atom.